The summed E-state index contributed by atoms with van der Waals surface area (Å²) in [4.78, 5) is 53.9. The van der Waals surface area contributed by atoms with Crippen LogP contribution in [0.1, 0.15) is 34.6 Å². The molecule has 0 unspecified atom stereocenters. The van der Waals surface area contributed by atoms with Gasteiger partial charge in [-0.1, -0.05) is 41.9 Å². The summed E-state index contributed by atoms with van der Waals surface area (Å²) in [7, 11) is 0. The molecule has 0 aromatic heterocycles. The number of anilines is 3. The largest absolute Gasteiger partial charge is 0.462 e. The van der Waals surface area contributed by atoms with Crippen LogP contribution in [-0.4, -0.2) is 36.8 Å². The SMILES string of the molecule is CCOC(=O)c1cccc(N2C(=O)C(Cl)=C(Nc3cccc(C(=O)N(CC)c4ccccc4)c3)C2=O)c1. The number of rotatable bonds is 8. The number of nitrogens with zero attached hydrogens (tertiary/aromatic N) is 2. The highest BCUT2D eigenvalue weighted by atomic mass is 35.5. The van der Waals surface area contributed by atoms with Crippen LogP contribution in [0.15, 0.2) is 89.6 Å². The highest BCUT2D eigenvalue weighted by molar-refractivity contribution is 6.53. The van der Waals surface area contributed by atoms with Gasteiger partial charge in [-0.05, 0) is 62.4 Å². The van der Waals surface area contributed by atoms with Crippen LogP contribution in [0.4, 0.5) is 17.1 Å². The van der Waals surface area contributed by atoms with E-state index in [2.05, 4.69) is 5.32 Å². The molecule has 1 heterocycles. The van der Waals surface area contributed by atoms with Crippen LogP contribution >= 0.6 is 11.6 Å². The predicted octanol–water partition coefficient (Wildman–Crippen LogP) is 4.97. The van der Waals surface area contributed by atoms with E-state index in [-0.39, 0.29) is 34.5 Å². The molecule has 1 aliphatic rings. The lowest BCUT2D eigenvalue weighted by atomic mass is 10.1. The average Bonchev–Trinajstić information content (AvgIpc) is 3.13. The zero-order valence-corrected chi connectivity index (χ0v) is 21.0. The van der Waals surface area contributed by atoms with Crippen molar-refractivity contribution in [3.05, 3.63) is 101 Å². The maximum Gasteiger partial charge on any atom is 0.338 e. The Bertz CT molecular complexity index is 1400. The Morgan fingerprint density at radius 3 is 2.30 bits per heavy atom. The number of ether oxygens (including phenoxy) is 1. The van der Waals surface area contributed by atoms with E-state index in [9.17, 15) is 19.2 Å². The fraction of sp³-hybridized carbons (Fsp3) is 0.143. The van der Waals surface area contributed by atoms with E-state index in [0.29, 0.717) is 17.8 Å². The van der Waals surface area contributed by atoms with E-state index in [1.54, 1.807) is 42.2 Å². The normalized spacial score (nSPS) is 13.1. The molecule has 4 rings (SSSR count). The number of hydrogen-bond donors (Lipinski definition) is 1. The van der Waals surface area contributed by atoms with Crippen LogP contribution in [0, 0.1) is 0 Å². The number of halogens is 1. The first-order valence-electron chi connectivity index (χ1n) is 11.7. The molecule has 0 atom stereocenters. The minimum absolute atomic E-state index is 0.131. The molecule has 3 amide bonds. The van der Waals surface area contributed by atoms with E-state index in [0.717, 1.165) is 10.6 Å². The van der Waals surface area contributed by atoms with Gasteiger partial charge in [-0.2, -0.15) is 0 Å². The molecule has 0 spiro atoms. The molecule has 9 heteroatoms. The Kier molecular flexibility index (Phi) is 7.69. The highest BCUT2D eigenvalue weighted by Gasteiger charge is 2.39. The van der Waals surface area contributed by atoms with Crippen molar-refractivity contribution in [2.24, 2.45) is 0 Å². The topological polar surface area (TPSA) is 96.0 Å². The Morgan fingerprint density at radius 2 is 1.59 bits per heavy atom. The van der Waals surface area contributed by atoms with Crippen molar-refractivity contribution in [3.8, 4) is 0 Å². The molecule has 0 saturated carbocycles. The number of hydrogen-bond acceptors (Lipinski definition) is 6. The van der Waals surface area contributed by atoms with Gasteiger partial charge in [0.25, 0.3) is 17.7 Å². The van der Waals surface area contributed by atoms with Crippen LogP contribution in [0.5, 0.6) is 0 Å². The molecule has 3 aromatic rings. The second-order valence-corrected chi connectivity index (χ2v) is 8.37. The Labute approximate surface area is 219 Å². The van der Waals surface area contributed by atoms with E-state index in [1.807, 2.05) is 37.3 Å². The lowest BCUT2D eigenvalue weighted by Gasteiger charge is -2.21. The summed E-state index contributed by atoms with van der Waals surface area (Å²) in [5.41, 5.74) is 1.81. The minimum atomic E-state index is -0.733. The fourth-order valence-corrected chi connectivity index (χ4v) is 4.13. The van der Waals surface area contributed by atoms with Gasteiger partial charge in [0.2, 0.25) is 0 Å². The highest BCUT2D eigenvalue weighted by Crippen LogP contribution is 2.31. The average molecular weight is 518 g/mol. The van der Waals surface area contributed by atoms with Gasteiger partial charge in [0, 0.05) is 23.5 Å². The molecule has 0 saturated heterocycles. The second kappa shape index (κ2) is 11.1. The van der Waals surface area contributed by atoms with Crippen molar-refractivity contribution < 1.29 is 23.9 Å². The van der Waals surface area contributed by atoms with Crippen LogP contribution in [0.3, 0.4) is 0 Å². The zero-order chi connectivity index (χ0) is 26.5. The number of benzene rings is 3. The minimum Gasteiger partial charge on any atom is -0.462 e. The number of esters is 1. The third kappa shape index (κ3) is 5.24. The van der Waals surface area contributed by atoms with Crippen molar-refractivity contribution in [2.75, 3.05) is 28.3 Å². The van der Waals surface area contributed by atoms with Gasteiger partial charge in [0.15, 0.2) is 0 Å². The summed E-state index contributed by atoms with van der Waals surface area (Å²) in [6.07, 6.45) is 0. The van der Waals surface area contributed by atoms with Crippen LogP contribution in [0.2, 0.25) is 0 Å². The molecule has 188 valence electrons. The number of para-hydroxylation sites is 1. The van der Waals surface area contributed by atoms with E-state index < -0.39 is 17.8 Å². The molecule has 8 nitrogen and oxygen atoms in total. The van der Waals surface area contributed by atoms with Gasteiger partial charge < -0.3 is 15.0 Å². The monoisotopic (exact) mass is 517 g/mol. The predicted molar refractivity (Wildman–Crippen MR) is 142 cm³/mol. The lowest BCUT2D eigenvalue weighted by Crippen LogP contribution is -2.32. The van der Waals surface area contributed by atoms with Crippen molar-refractivity contribution >= 4 is 52.4 Å². The van der Waals surface area contributed by atoms with Crippen molar-refractivity contribution in [1.29, 1.82) is 0 Å². The molecule has 3 aromatic carbocycles. The molecular formula is C28H24ClN3O5. The Balaban J connectivity index is 1.57. The van der Waals surface area contributed by atoms with Gasteiger partial charge in [0.05, 0.1) is 17.9 Å². The Hall–Kier alpha value is -4.43. The number of amides is 3. The summed E-state index contributed by atoms with van der Waals surface area (Å²) >= 11 is 6.26. The quantitative estimate of drug-likeness (QED) is 0.335. The van der Waals surface area contributed by atoms with Gasteiger partial charge in [0.1, 0.15) is 10.7 Å². The van der Waals surface area contributed by atoms with Gasteiger partial charge >= 0.3 is 5.97 Å². The molecule has 1 aliphatic heterocycles. The third-order valence-corrected chi connectivity index (χ3v) is 6.00. The van der Waals surface area contributed by atoms with Crippen molar-refractivity contribution in [3.63, 3.8) is 0 Å². The summed E-state index contributed by atoms with van der Waals surface area (Å²) in [5, 5.41) is 2.59. The van der Waals surface area contributed by atoms with Gasteiger partial charge in [-0.15, -0.1) is 0 Å². The van der Waals surface area contributed by atoms with Crippen LogP contribution in [-0.2, 0) is 14.3 Å². The van der Waals surface area contributed by atoms with E-state index in [1.165, 1.54) is 18.2 Å². The first-order valence-corrected chi connectivity index (χ1v) is 12.0. The standard InChI is InChI=1S/C28H24ClN3O5/c1-3-31(21-13-6-5-7-14-21)25(33)18-10-8-12-20(16-18)30-24-23(29)26(34)32(27(24)35)22-15-9-11-19(17-22)28(36)37-4-2/h5-17,30H,3-4H2,1-2H3. The first-order chi connectivity index (χ1) is 17.8. The molecule has 37 heavy (non-hydrogen) atoms. The zero-order valence-electron chi connectivity index (χ0n) is 20.2. The lowest BCUT2D eigenvalue weighted by molar-refractivity contribution is -0.120. The molecule has 1 N–H and O–H groups in total. The molecular weight excluding hydrogens is 494 g/mol. The van der Waals surface area contributed by atoms with Crippen LogP contribution < -0.4 is 15.1 Å². The third-order valence-electron chi connectivity index (χ3n) is 5.65. The van der Waals surface area contributed by atoms with Gasteiger partial charge in [-0.3, -0.25) is 14.4 Å². The number of imide groups is 1. The van der Waals surface area contributed by atoms with Crippen LogP contribution in [0.25, 0.3) is 0 Å². The maximum absolute atomic E-state index is 13.2. The maximum atomic E-state index is 13.2. The fourth-order valence-electron chi connectivity index (χ4n) is 3.91. The van der Waals surface area contributed by atoms with Gasteiger partial charge in [-0.25, -0.2) is 9.69 Å². The molecule has 0 bridgehead atoms. The van der Waals surface area contributed by atoms with Crippen molar-refractivity contribution in [1.82, 2.24) is 0 Å². The second-order valence-electron chi connectivity index (χ2n) is 8.00. The summed E-state index contributed by atoms with van der Waals surface area (Å²) < 4.78 is 5.00. The van der Waals surface area contributed by atoms with E-state index in [4.69, 9.17) is 16.3 Å². The summed E-state index contributed by atoms with van der Waals surface area (Å²) in [5.74, 6) is -2.21. The number of nitrogens with one attached hydrogen (secondary N) is 1. The van der Waals surface area contributed by atoms with Crippen molar-refractivity contribution in [2.45, 2.75) is 13.8 Å². The first kappa shape index (κ1) is 25.7. The summed E-state index contributed by atoms with van der Waals surface area (Å²) in [6, 6.07) is 21.9. The summed E-state index contributed by atoms with van der Waals surface area (Å²) in [6.45, 7) is 4.21. The molecule has 0 aliphatic carbocycles. The Morgan fingerprint density at radius 1 is 0.892 bits per heavy atom. The smallest absolute Gasteiger partial charge is 0.338 e. The molecule has 0 radical (unpaired) electrons. The number of carbonyl (C=O) groups is 4. The molecule has 0 fully saturated rings. The number of carbonyl (C=O) groups excluding carboxylic acids is 4. The van der Waals surface area contributed by atoms with E-state index >= 15 is 0 Å².